The van der Waals surface area contributed by atoms with Crippen molar-refractivity contribution in [1.82, 2.24) is 20.1 Å². The molecule has 1 aliphatic heterocycles. The van der Waals surface area contributed by atoms with Crippen LogP contribution in [0.4, 0.5) is 0 Å². The van der Waals surface area contributed by atoms with Crippen molar-refractivity contribution in [2.45, 2.75) is 12.3 Å². The fourth-order valence-electron chi connectivity index (χ4n) is 2.17. The van der Waals surface area contributed by atoms with Crippen molar-refractivity contribution in [1.29, 1.82) is 0 Å². The zero-order valence-corrected chi connectivity index (χ0v) is 9.98. The van der Waals surface area contributed by atoms with Crippen LogP contribution in [-0.4, -0.2) is 39.1 Å². The molecule has 5 nitrogen and oxygen atoms in total. The second-order valence-electron chi connectivity index (χ2n) is 4.12. The third-order valence-corrected chi connectivity index (χ3v) is 3.68. The molecule has 1 N–H and O–H groups in total. The van der Waals surface area contributed by atoms with Crippen molar-refractivity contribution >= 4 is 17.2 Å². The summed E-state index contributed by atoms with van der Waals surface area (Å²) < 4.78 is 0. The number of nitrogens with zero attached hydrogens (tertiary/aromatic N) is 3. The number of amides is 1. The lowest BCUT2D eigenvalue weighted by Gasteiger charge is -2.14. The number of hydrogen-bond donors (Lipinski definition) is 1. The summed E-state index contributed by atoms with van der Waals surface area (Å²) in [4.78, 5) is 18.0. The van der Waals surface area contributed by atoms with E-state index in [1.165, 1.54) is 11.3 Å². The maximum atomic E-state index is 12.1. The Morgan fingerprint density at radius 3 is 3.24 bits per heavy atom. The molecule has 1 unspecified atom stereocenters. The summed E-state index contributed by atoms with van der Waals surface area (Å²) in [5, 5.41) is 8.72. The van der Waals surface area contributed by atoms with Crippen LogP contribution >= 0.6 is 11.3 Å². The molecular weight excluding hydrogens is 236 g/mol. The highest BCUT2D eigenvalue weighted by Gasteiger charge is 2.29. The van der Waals surface area contributed by atoms with Gasteiger partial charge in [0.2, 0.25) is 0 Å². The molecule has 88 valence electrons. The number of aromatic amines is 1. The molecule has 2 aromatic rings. The monoisotopic (exact) mass is 248 g/mol. The number of carbonyl (C=O) groups excluding carboxylic acids is 1. The fraction of sp³-hybridized carbons (Fsp3) is 0.364. The standard InChI is InChI=1S/C11H12N4OS/c16-11(10-6-17-7-12-10)15-4-2-8(5-15)9-1-3-13-14-9/h1,3,6-8H,2,4-5H2,(H,13,14). The number of thiazole rings is 1. The highest BCUT2D eigenvalue weighted by molar-refractivity contribution is 7.07. The fourth-order valence-corrected chi connectivity index (χ4v) is 2.70. The number of aromatic nitrogens is 3. The first-order valence-corrected chi connectivity index (χ1v) is 6.45. The second kappa shape index (κ2) is 4.29. The van der Waals surface area contributed by atoms with Gasteiger partial charge >= 0.3 is 0 Å². The van der Waals surface area contributed by atoms with Gasteiger partial charge < -0.3 is 4.90 Å². The quantitative estimate of drug-likeness (QED) is 0.876. The summed E-state index contributed by atoms with van der Waals surface area (Å²) in [5.41, 5.74) is 3.36. The molecule has 0 aromatic carbocycles. The molecule has 3 rings (SSSR count). The Morgan fingerprint density at radius 2 is 2.53 bits per heavy atom. The number of carbonyl (C=O) groups is 1. The van der Waals surface area contributed by atoms with Gasteiger partial charge in [-0.3, -0.25) is 9.89 Å². The van der Waals surface area contributed by atoms with E-state index in [1.54, 1.807) is 17.1 Å². The van der Waals surface area contributed by atoms with E-state index in [0.29, 0.717) is 11.6 Å². The lowest BCUT2D eigenvalue weighted by molar-refractivity contribution is 0.0785. The summed E-state index contributed by atoms with van der Waals surface area (Å²) in [6.07, 6.45) is 2.73. The van der Waals surface area contributed by atoms with Gasteiger partial charge in [-0.05, 0) is 12.5 Å². The lowest BCUT2D eigenvalue weighted by Crippen LogP contribution is -2.28. The molecule has 1 aliphatic rings. The molecule has 1 atom stereocenters. The van der Waals surface area contributed by atoms with Crippen molar-refractivity contribution in [3.63, 3.8) is 0 Å². The highest BCUT2D eigenvalue weighted by Crippen LogP contribution is 2.26. The summed E-state index contributed by atoms with van der Waals surface area (Å²) in [6, 6.07) is 1.97. The van der Waals surface area contributed by atoms with Crippen LogP contribution in [0.1, 0.15) is 28.5 Å². The Kier molecular flexibility index (Phi) is 2.64. The third kappa shape index (κ3) is 1.95. The number of nitrogens with one attached hydrogen (secondary N) is 1. The molecule has 1 fully saturated rings. The van der Waals surface area contributed by atoms with Crippen molar-refractivity contribution in [3.8, 4) is 0 Å². The van der Waals surface area contributed by atoms with Gasteiger partial charge in [0.15, 0.2) is 0 Å². The minimum absolute atomic E-state index is 0.0354. The van der Waals surface area contributed by atoms with Crippen molar-refractivity contribution in [3.05, 3.63) is 34.5 Å². The number of H-pyrrole nitrogens is 1. The maximum Gasteiger partial charge on any atom is 0.273 e. The largest absolute Gasteiger partial charge is 0.337 e. The normalized spacial score (nSPS) is 19.8. The van der Waals surface area contributed by atoms with E-state index in [0.717, 1.165) is 25.2 Å². The van der Waals surface area contributed by atoms with Crippen LogP contribution in [0.15, 0.2) is 23.2 Å². The van der Waals surface area contributed by atoms with Crippen molar-refractivity contribution < 1.29 is 4.79 Å². The van der Waals surface area contributed by atoms with Crippen molar-refractivity contribution in [2.75, 3.05) is 13.1 Å². The predicted octanol–water partition coefficient (Wildman–Crippen LogP) is 1.50. The Balaban J connectivity index is 1.70. The van der Waals surface area contributed by atoms with Gasteiger partial charge in [-0.25, -0.2) is 4.98 Å². The van der Waals surface area contributed by atoms with Crippen LogP contribution < -0.4 is 0 Å². The van der Waals surface area contributed by atoms with Crippen LogP contribution in [0.2, 0.25) is 0 Å². The smallest absolute Gasteiger partial charge is 0.273 e. The van der Waals surface area contributed by atoms with E-state index < -0.39 is 0 Å². The van der Waals surface area contributed by atoms with Crippen molar-refractivity contribution in [2.24, 2.45) is 0 Å². The summed E-state index contributed by atoms with van der Waals surface area (Å²) in [7, 11) is 0. The van der Waals surface area contributed by atoms with Gasteiger partial charge in [0.25, 0.3) is 5.91 Å². The zero-order valence-electron chi connectivity index (χ0n) is 9.17. The van der Waals surface area contributed by atoms with Crippen LogP contribution in [0.5, 0.6) is 0 Å². The van der Waals surface area contributed by atoms with Gasteiger partial charge in [-0.15, -0.1) is 11.3 Å². The Bertz CT molecular complexity index is 494. The van der Waals surface area contributed by atoms with Gasteiger partial charge in [0.05, 0.1) is 5.51 Å². The van der Waals surface area contributed by atoms with Gasteiger partial charge in [-0.2, -0.15) is 5.10 Å². The lowest BCUT2D eigenvalue weighted by atomic mass is 10.1. The zero-order chi connectivity index (χ0) is 11.7. The topological polar surface area (TPSA) is 61.9 Å². The molecule has 0 bridgehead atoms. The van der Waals surface area contributed by atoms with E-state index in [1.807, 2.05) is 11.0 Å². The molecule has 0 saturated carbocycles. The molecule has 3 heterocycles. The molecule has 2 aromatic heterocycles. The molecule has 1 amide bonds. The third-order valence-electron chi connectivity index (χ3n) is 3.09. The van der Waals surface area contributed by atoms with Gasteiger partial charge in [0.1, 0.15) is 5.69 Å². The maximum absolute atomic E-state index is 12.1. The van der Waals surface area contributed by atoms with Crippen LogP contribution in [-0.2, 0) is 0 Å². The molecule has 1 saturated heterocycles. The SMILES string of the molecule is O=C(c1cscn1)N1CCC(c2ccn[nH]2)C1. The van der Waals surface area contributed by atoms with E-state index in [9.17, 15) is 4.79 Å². The summed E-state index contributed by atoms with van der Waals surface area (Å²) >= 11 is 1.45. The molecule has 0 radical (unpaired) electrons. The van der Waals surface area contributed by atoms with Crippen LogP contribution in [0, 0.1) is 0 Å². The first-order valence-electron chi connectivity index (χ1n) is 5.51. The average Bonchev–Trinajstić information content (AvgIpc) is 3.09. The number of rotatable bonds is 2. The number of likely N-dealkylation sites (tertiary alicyclic amines) is 1. The highest BCUT2D eigenvalue weighted by atomic mass is 32.1. The predicted molar refractivity (Wildman–Crippen MR) is 64.0 cm³/mol. The molecule has 6 heteroatoms. The first kappa shape index (κ1) is 10.5. The van der Waals surface area contributed by atoms with Crippen LogP contribution in [0.25, 0.3) is 0 Å². The van der Waals surface area contributed by atoms with E-state index in [4.69, 9.17) is 0 Å². The van der Waals surface area contributed by atoms with E-state index in [2.05, 4.69) is 15.2 Å². The van der Waals surface area contributed by atoms with E-state index >= 15 is 0 Å². The molecular formula is C11H12N4OS. The first-order chi connectivity index (χ1) is 8.34. The average molecular weight is 248 g/mol. The Hall–Kier alpha value is -1.69. The second-order valence-corrected chi connectivity index (χ2v) is 4.84. The minimum atomic E-state index is 0.0354. The van der Waals surface area contributed by atoms with Gasteiger partial charge in [0, 0.05) is 36.3 Å². The molecule has 17 heavy (non-hydrogen) atoms. The minimum Gasteiger partial charge on any atom is -0.337 e. The Morgan fingerprint density at radius 1 is 1.59 bits per heavy atom. The van der Waals surface area contributed by atoms with Gasteiger partial charge in [-0.1, -0.05) is 0 Å². The van der Waals surface area contributed by atoms with E-state index in [-0.39, 0.29) is 5.91 Å². The molecule has 0 spiro atoms. The number of hydrogen-bond acceptors (Lipinski definition) is 4. The molecule has 0 aliphatic carbocycles. The summed E-state index contributed by atoms with van der Waals surface area (Å²) in [5.74, 6) is 0.411. The summed E-state index contributed by atoms with van der Waals surface area (Å²) in [6.45, 7) is 1.54. The Labute approximate surface area is 102 Å². The van der Waals surface area contributed by atoms with Crippen LogP contribution in [0.3, 0.4) is 0 Å².